The quantitative estimate of drug-likeness (QED) is 0.588. The van der Waals surface area contributed by atoms with E-state index in [4.69, 9.17) is 14.2 Å². The van der Waals surface area contributed by atoms with Gasteiger partial charge < -0.3 is 19.5 Å². The fourth-order valence-corrected chi connectivity index (χ4v) is 3.40. The third kappa shape index (κ3) is 4.59. The summed E-state index contributed by atoms with van der Waals surface area (Å²) in [5.41, 5.74) is 0.896. The second kappa shape index (κ2) is 8.39. The summed E-state index contributed by atoms with van der Waals surface area (Å²) in [5.74, 6) is 1.20. The molecule has 8 heteroatoms. The Morgan fingerprint density at radius 2 is 1.80 bits per heavy atom. The molecule has 3 aromatic rings. The molecule has 1 N–H and O–H groups in total. The molecule has 30 heavy (non-hydrogen) atoms. The molecule has 0 amide bonds. The monoisotopic (exact) mass is 418 g/mol. The van der Waals surface area contributed by atoms with Crippen LogP contribution in [-0.2, 0) is 10.9 Å². The molecule has 2 heterocycles. The summed E-state index contributed by atoms with van der Waals surface area (Å²) in [5, 5.41) is 3.56. The number of hydrogen-bond donors (Lipinski definition) is 1. The highest BCUT2D eigenvalue weighted by Crippen LogP contribution is 2.35. The van der Waals surface area contributed by atoms with Crippen LogP contribution in [-0.4, -0.2) is 31.4 Å². The minimum Gasteiger partial charge on any atom is -0.497 e. The van der Waals surface area contributed by atoms with Crippen molar-refractivity contribution in [2.75, 3.05) is 25.6 Å². The fourth-order valence-electron chi connectivity index (χ4n) is 3.40. The molecule has 1 aromatic heterocycles. The Labute approximate surface area is 171 Å². The third-order valence-corrected chi connectivity index (χ3v) is 4.93. The summed E-state index contributed by atoms with van der Waals surface area (Å²) in [7, 11) is 1.55. The first-order valence-corrected chi connectivity index (χ1v) is 9.59. The Morgan fingerprint density at radius 3 is 2.53 bits per heavy atom. The second-order valence-electron chi connectivity index (χ2n) is 7.04. The van der Waals surface area contributed by atoms with E-state index in [0.717, 1.165) is 25.0 Å². The van der Waals surface area contributed by atoms with Gasteiger partial charge in [-0.25, -0.2) is 0 Å². The molecular weight excluding hydrogens is 397 g/mol. The van der Waals surface area contributed by atoms with Crippen LogP contribution in [0, 0.1) is 0 Å². The Balaban J connectivity index is 1.66. The van der Waals surface area contributed by atoms with E-state index in [1.165, 1.54) is 6.07 Å². The smallest absolute Gasteiger partial charge is 0.416 e. The minimum atomic E-state index is -4.43. The van der Waals surface area contributed by atoms with E-state index in [2.05, 4.69) is 10.3 Å². The lowest BCUT2D eigenvalue weighted by Crippen LogP contribution is -2.25. The number of anilines is 2. The van der Waals surface area contributed by atoms with Crippen LogP contribution in [0.2, 0.25) is 0 Å². The molecule has 1 saturated heterocycles. The van der Waals surface area contributed by atoms with E-state index in [-0.39, 0.29) is 6.10 Å². The van der Waals surface area contributed by atoms with E-state index in [0.29, 0.717) is 47.0 Å². The molecule has 0 spiro atoms. The van der Waals surface area contributed by atoms with E-state index in [9.17, 15) is 13.2 Å². The number of benzene rings is 2. The Hall–Kier alpha value is -3.00. The van der Waals surface area contributed by atoms with Crippen LogP contribution in [0.1, 0.15) is 18.4 Å². The summed E-state index contributed by atoms with van der Waals surface area (Å²) in [6.07, 6.45) is -1.22. The van der Waals surface area contributed by atoms with Crippen LogP contribution in [0.5, 0.6) is 11.5 Å². The summed E-state index contributed by atoms with van der Waals surface area (Å²) < 4.78 is 56.3. The highest BCUT2D eigenvalue weighted by Gasteiger charge is 2.30. The predicted molar refractivity (Wildman–Crippen MR) is 107 cm³/mol. The maximum Gasteiger partial charge on any atom is 0.416 e. The number of halogens is 3. The standard InChI is InChI=1S/C22H21F3N2O3/c1-28-17-11-15(12-18(13-17)30-16-5-8-29-9-6-16)27-21-4-7-26-20-3-2-14(10-19(20)21)22(23,24)25/h2-4,7,10-13,16H,5-6,8-9H2,1H3,(H,26,27). The molecule has 5 nitrogen and oxygen atoms in total. The number of pyridine rings is 1. The number of aromatic nitrogens is 1. The van der Waals surface area contributed by atoms with Crippen molar-refractivity contribution in [1.29, 1.82) is 0 Å². The normalized spacial score (nSPS) is 15.2. The van der Waals surface area contributed by atoms with Gasteiger partial charge in [0.2, 0.25) is 0 Å². The first-order chi connectivity index (χ1) is 14.4. The minimum absolute atomic E-state index is 0.0507. The molecule has 0 saturated carbocycles. The molecule has 158 valence electrons. The van der Waals surface area contributed by atoms with Crippen LogP contribution in [0.3, 0.4) is 0 Å². The van der Waals surface area contributed by atoms with Gasteiger partial charge in [0.05, 0.1) is 31.4 Å². The lowest BCUT2D eigenvalue weighted by atomic mass is 10.1. The van der Waals surface area contributed by atoms with Crippen molar-refractivity contribution < 1.29 is 27.4 Å². The van der Waals surface area contributed by atoms with Gasteiger partial charge in [0.1, 0.15) is 17.6 Å². The van der Waals surface area contributed by atoms with Crippen molar-refractivity contribution in [3.63, 3.8) is 0 Å². The van der Waals surface area contributed by atoms with Crippen LogP contribution in [0.25, 0.3) is 10.9 Å². The van der Waals surface area contributed by atoms with Gasteiger partial charge in [-0.3, -0.25) is 4.98 Å². The average molecular weight is 418 g/mol. The number of nitrogens with one attached hydrogen (secondary N) is 1. The Morgan fingerprint density at radius 1 is 1.03 bits per heavy atom. The molecule has 0 unspecified atom stereocenters. The zero-order valence-corrected chi connectivity index (χ0v) is 16.3. The molecule has 4 rings (SSSR count). The largest absolute Gasteiger partial charge is 0.497 e. The van der Waals surface area contributed by atoms with Crippen molar-refractivity contribution in [2.45, 2.75) is 25.1 Å². The van der Waals surface area contributed by atoms with E-state index in [1.54, 1.807) is 37.6 Å². The molecular formula is C22H21F3N2O3. The molecule has 0 bridgehead atoms. The number of rotatable bonds is 5. The van der Waals surface area contributed by atoms with Gasteiger partial charge in [-0.15, -0.1) is 0 Å². The summed E-state index contributed by atoms with van der Waals surface area (Å²) in [6, 6.07) is 10.5. The Bertz CT molecular complexity index is 1030. The van der Waals surface area contributed by atoms with Crippen molar-refractivity contribution in [3.05, 3.63) is 54.2 Å². The van der Waals surface area contributed by atoms with Gasteiger partial charge >= 0.3 is 6.18 Å². The number of methoxy groups -OCH3 is 1. The predicted octanol–water partition coefficient (Wildman–Crippen LogP) is 5.56. The molecule has 1 fully saturated rings. The SMILES string of the molecule is COc1cc(Nc2ccnc3ccc(C(F)(F)F)cc23)cc(OC2CCOCC2)c1. The fraction of sp³-hybridized carbons (Fsp3) is 0.318. The summed E-state index contributed by atoms with van der Waals surface area (Å²) >= 11 is 0. The van der Waals surface area contributed by atoms with Crippen molar-refractivity contribution >= 4 is 22.3 Å². The molecule has 1 aliphatic heterocycles. The number of hydrogen-bond acceptors (Lipinski definition) is 5. The summed E-state index contributed by atoms with van der Waals surface area (Å²) in [6.45, 7) is 1.31. The van der Waals surface area contributed by atoms with Gasteiger partial charge in [-0.1, -0.05) is 0 Å². The number of ether oxygens (including phenoxy) is 3. The zero-order chi connectivity index (χ0) is 21.1. The molecule has 0 radical (unpaired) electrons. The van der Waals surface area contributed by atoms with Crippen molar-refractivity contribution in [1.82, 2.24) is 4.98 Å². The maximum absolute atomic E-state index is 13.2. The summed E-state index contributed by atoms with van der Waals surface area (Å²) in [4.78, 5) is 4.17. The zero-order valence-electron chi connectivity index (χ0n) is 16.3. The van der Waals surface area contributed by atoms with E-state index < -0.39 is 11.7 Å². The van der Waals surface area contributed by atoms with Crippen molar-refractivity contribution in [2.24, 2.45) is 0 Å². The number of fused-ring (bicyclic) bond motifs is 1. The van der Waals surface area contributed by atoms with Crippen LogP contribution >= 0.6 is 0 Å². The lowest BCUT2D eigenvalue weighted by molar-refractivity contribution is -0.137. The highest BCUT2D eigenvalue weighted by molar-refractivity contribution is 5.93. The van der Waals surface area contributed by atoms with Crippen LogP contribution in [0.4, 0.5) is 24.5 Å². The molecule has 0 atom stereocenters. The second-order valence-corrected chi connectivity index (χ2v) is 7.04. The van der Waals surface area contributed by atoms with E-state index in [1.807, 2.05) is 0 Å². The van der Waals surface area contributed by atoms with Gasteiger partial charge in [-0.05, 0) is 24.3 Å². The maximum atomic E-state index is 13.2. The average Bonchev–Trinajstić information content (AvgIpc) is 2.73. The lowest BCUT2D eigenvalue weighted by Gasteiger charge is -2.24. The van der Waals surface area contributed by atoms with E-state index >= 15 is 0 Å². The third-order valence-electron chi connectivity index (χ3n) is 4.93. The van der Waals surface area contributed by atoms with Gasteiger partial charge in [0, 0.05) is 54.0 Å². The van der Waals surface area contributed by atoms with Crippen LogP contribution < -0.4 is 14.8 Å². The topological polar surface area (TPSA) is 52.6 Å². The van der Waals surface area contributed by atoms with Gasteiger partial charge in [0.15, 0.2) is 0 Å². The van der Waals surface area contributed by atoms with Crippen molar-refractivity contribution in [3.8, 4) is 11.5 Å². The molecule has 2 aromatic carbocycles. The Kier molecular flexibility index (Phi) is 5.67. The number of nitrogens with zero attached hydrogens (tertiary/aromatic N) is 1. The van der Waals surface area contributed by atoms with Gasteiger partial charge in [0.25, 0.3) is 0 Å². The highest BCUT2D eigenvalue weighted by atomic mass is 19.4. The van der Waals surface area contributed by atoms with Crippen LogP contribution in [0.15, 0.2) is 48.7 Å². The van der Waals surface area contributed by atoms with Gasteiger partial charge in [-0.2, -0.15) is 13.2 Å². The molecule has 0 aliphatic carbocycles. The molecule has 1 aliphatic rings. The number of alkyl halides is 3. The first kappa shape index (κ1) is 20.3. The first-order valence-electron chi connectivity index (χ1n) is 9.59.